The molecule has 1 aliphatic rings. The number of aryl methyl sites for hydroxylation is 1. The van der Waals surface area contributed by atoms with Gasteiger partial charge in [-0.15, -0.1) is 0 Å². The maximum absolute atomic E-state index is 13.0. The summed E-state index contributed by atoms with van der Waals surface area (Å²) in [7, 11) is 0. The maximum Gasteiger partial charge on any atom is 0.253 e. The van der Waals surface area contributed by atoms with Crippen LogP contribution in [-0.2, 0) is 6.54 Å². The lowest BCUT2D eigenvalue weighted by Crippen LogP contribution is -2.38. The van der Waals surface area contributed by atoms with E-state index in [1.54, 1.807) is 0 Å². The van der Waals surface area contributed by atoms with Gasteiger partial charge in [-0.1, -0.05) is 31.5 Å². The van der Waals surface area contributed by atoms with Crippen LogP contribution in [0.4, 0.5) is 5.69 Å². The SMILES string of the molecule is CCN(CC)CCCN(Cc1cc2cc3c(cc2[nH]c1=O)OCCO3)C(=S)Nc1ccc(C)cc1. The molecule has 0 spiro atoms. The molecule has 0 atom stereocenters. The molecule has 1 aromatic heterocycles. The number of fused-ring (bicyclic) bond motifs is 2. The van der Waals surface area contributed by atoms with E-state index >= 15 is 0 Å². The predicted octanol–water partition coefficient (Wildman–Crippen LogP) is 4.54. The molecule has 0 fully saturated rings. The second-order valence-electron chi connectivity index (χ2n) is 8.80. The lowest BCUT2D eigenvalue weighted by molar-refractivity contribution is 0.172. The zero-order chi connectivity index (χ0) is 24.8. The Morgan fingerprint density at radius 1 is 1.03 bits per heavy atom. The van der Waals surface area contributed by atoms with Crippen LogP contribution in [0.15, 0.2) is 47.3 Å². The maximum atomic E-state index is 13.0. The highest BCUT2D eigenvalue weighted by atomic mass is 32.1. The zero-order valence-corrected chi connectivity index (χ0v) is 21.5. The fraction of sp³-hybridized carbons (Fsp3) is 0.407. The number of ether oxygens (including phenoxy) is 2. The van der Waals surface area contributed by atoms with Crippen molar-refractivity contribution < 1.29 is 9.47 Å². The number of thiocarbonyl (C=S) groups is 1. The summed E-state index contributed by atoms with van der Waals surface area (Å²) in [6.45, 7) is 11.6. The summed E-state index contributed by atoms with van der Waals surface area (Å²) in [5.41, 5.74) is 3.39. The van der Waals surface area contributed by atoms with Gasteiger partial charge in [0.1, 0.15) is 13.2 Å². The van der Waals surface area contributed by atoms with E-state index in [1.807, 2.05) is 30.3 Å². The Hall–Kier alpha value is -3.10. The van der Waals surface area contributed by atoms with Crippen LogP contribution in [0.3, 0.4) is 0 Å². The standard InChI is InChI=1S/C27H34N4O3S/c1-4-30(5-2)11-6-12-31(27(35)28-22-9-7-19(3)8-10-22)18-21-15-20-16-24-25(34-14-13-33-24)17-23(20)29-26(21)32/h7-10,15-17H,4-6,11-14,18H2,1-3H3,(H,28,35)(H,29,32). The molecule has 0 saturated carbocycles. The molecule has 4 rings (SSSR count). The van der Waals surface area contributed by atoms with Crippen LogP contribution in [-0.4, -0.2) is 59.3 Å². The normalized spacial score (nSPS) is 12.7. The summed E-state index contributed by atoms with van der Waals surface area (Å²) in [5, 5.41) is 4.86. The molecule has 186 valence electrons. The average Bonchev–Trinajstić information content (AvgIpc) is 2.86. The lowest BCUT2D eigenvalue weighted by Gasteiger charge is -2.27. The van der Waals surface area contributed by atoms with Crippen molar-refractivity contribution in [1.82, 2.24) is 14.8 Å². The molecule has 7 nitrogen and oxygen atoms in total. The number of H-pyrrole nitrogens is 1. The average molecular weight is 495 g/mol. The minimum Gasteiger partial charge on any atom is -0.486 e. The van der Waals surface area contributed by atoms with Crippen LogP contribution in [0.5, 0.6) is 11.5 Å². The molecule has 2 heterocycles. The lowest BCUT2D eigenvalue weighted by atomic mass is 10.1. The van der Waals surface area contributed by atoms with Crippen molar-refractivity contribution in [3.63, 3.8) is 0 Å². The van der Waals surface area contributed by atoms with Crippen LogP contribution in [0, 0.1) is 6.92 Å². The highest BCUT2D eigenvalue weighted by molar-refractivity contribution is 7.80. The smallest absolute Gasteiger partial charge is 0.253 e. The summed E-state index contributed by atoms with van der Waals surface area (Å²) in [6.07, 6.45) is 0.946. The third-order valence-electron chi connectivity index (χ3n) is 6.33. The Balaban J connectivity index is 1.56. The van der Waals surface area contributed by atoms with E-state index in [0.717, 1.165) is 49.2 Å². The molecule has 0 bridgehead atoms. The van der Waals surface area contributed by atoms with Gasteiger partial charge in [-0.2, -0.15) is 0 Å². The first kappa shape index (κ1) is 25.0. The van der Waals surface area contributed by atoms with Crippen LogP contribution >= 0.6 is 12.2 Å². The van der Waals surface area contributed by atoms with Gasteiger partial charge in [-0.3, -0.25) is 4.79 Å². The number of hydrogen-bond donors (Lipinski definition) is 2. The van der Waals surface area contributed by atoms with Gasteiger partial charge in [0.2, 0.25) is 0 Å². The summed E-state index contributed by atoms with van der Waals surface area (Å²) in [6, 6.07) is 13.8. The first-order valence-corrected chi connectivity index (χ1v) is 12.7. The van der Waals surface area contributed by atoms with Crippen molar-refractivity contribution >= 4 is 33.9 Å². The quantitative estimate of drug-likeness (QED) is 0.423. The molecule has 0 saturated heterocycles. The number of aromatic nitrogens is 1. The van der Waals surface area contributed by atoms with E-state index in [9.17, 15) is 4.79 Å². The van der Waals surface area contributed by atoms with Crippen molar-refractivity contribution in [2.75, 3.05) is 44.7 Å². The second-order valence-corrected chi connectivity index (χ2v) is 9.19. The van der Waals surface area contributed by atoms with Gasteiger partial charge >= 0.3 is 0 Å². The van der Waals surface area contributed by atoms with Gasteiger partial charge in [0.05, 0.1) is 12.1 Å². The highest BCUT2D eigenvalue weighted by Crippen LogP contribution is 2.33. The fourth-order valence-corrected chi connectivity index (χ4v) is 4.50. The van der Waals surface area contributed by atoms with Gasteiger partial charge in [-0.25, -0.2) is 0 Å². The molecule has 1 aliphatic heterocycles. The summed E-state index contributed by atoms with van der Waals surface area (Å²) >= 11 is 5.80. The van der Waals surface area contributed by atoms with Crippen molar-refractivity contribution in [1.29, 1.82) is 0 Å². The summed E-state index contributed by atoms with van der Waals surface area (Å²) < 4.78 is 11.4. The van der Waals surface area contributed by atoms with Gasteiger partial charge in [0, 0.05) is 29.2 Å². The van der Waals surface area contributed by atoms with Crippen molar-refractivity contribution in [2.24, 2.45) is 0 Å². The molecule has 0 radical (unpaired) electrons. The number of nitrogens with zero attached hydrogens (tertiary/aromatic N) is 2. The number of benzene rings is 2. The number of anilines is 1. The van der Waals surface area contributed by atoms with Crippen LogP contribution in [0.25, 0.3) is 10.9 Å². The summed E-state index contributed by atoms with van der Waals surface area (Å²) in [4.78, 5) is 20.5. The largest absolute Gasteiger partial charge is 0.486 e. The van der Waals surface area contributed by atoms with Gasteiger partial charge in [0.15, 0.2) is 16.6 Å². The number of rotatable bonds is 9. The molecular weight excluding hydrogens is 460 g/mol. The first-order valence-electron chi connectivity index (χ1n) is 12.3. The molecule has 2 aromatic carbocycles. The molecule has 35 heavy (non-hydrogen) atoms. The molecule has 0 amide bonds. The zero-order valence-electron chi connectivity index (χ0n) is 20.7. The molecule has 3 aromatic rings. The van der Waals surface area contributed by atoms with Crippen molar-refractivity contribution in [3.8, 4) is 11.5 Å². The number of nitrogens with one attached hydrogen (secondary N) is 2. The van der Waals surface area contributed by atoms with Gasteiger partial charge < -0.3 is 29.6 Å². The Morgan fingerprint density at radius 3 is 2.40 bits per heavy atom. The fourth-order valence-electron chi connectivity index (χ4n) is 4.23. The molecular formula is C27H34N4O3S. The predicted molar refractivity (Wildman–Crippen MR) is 146 cm³/mol. The molecule has 8 heteroatoms. The summed E-state index contributed by atoms with van der Waals surface area (Å²) in [5.74, 6) is 1.36. The van der Waals surface area contributed by atoms with E-state index in [2.05, 4.69) is 53.0 Å². The number of aromatic amines is 1. The number of hydrogen-bond acceptors (Lipinski definition) is 5. The van der Waals surface area contributed by atoms with Crippen molar-refractivity contribution in [2.45, 2.75) is 33.7 Å². The van der Waals surface area contributed by atoms with Gasteiger partial charge in [-0.05, 0) is 69.5 Å². The minimum atomic E-state index is -0.124. The van der Waals surface area contributed by atoms with E-state index in [-0.39, 0.29) is 5.56 Å². The third-order valence-corrected chi connectivity index (χ3v) is 6.69. The van der Waals surface area contributed by atoms with Crippen LogP contribution < -0.4 is 20.3 Å². The highest BCUT2D eigenvalue weighted by Gasteiger charge is 2.17. The Labute approximate surface area is 212 Å². The second kappa shape index (κ2) is 11.6. The van der Waals surface area contributed by atoms with Crippen LogP contribution in [0.2, 0.25) is 0 Å². The van der Waals surface area contributed by atoms with E-state index < -0.39 is 0 Å². The number of pyridine rings is 1. The van der Waals surface area contributed by atoms with E-state index in [0.29, 0.717) is 41.9 Å². The Kier molecular flexibility index (Phi) is 8.25. The van der Waals surface area contributed by atoms with Gasteiger partial charge in [0.25, 0.3) is 5.56 Å². The van der Waals surface area contributed by atoms with E-state index in [4.69, 9.17) is 21.7 Å². The van der Waals surface area contributed by atoms with E-state index in [1.165, 1.54) is 5.56 Å². The van der Waals surface area contributed by atoms with Crippen molar-refractivity contribution in [3.05, 3.63) is 63.9 Å². The molecule has 0 aliphatic carbocycles. The van der Waals surface area contributed by atoms with Crippen LogP contribution in [0.1, 0.15) is 31.4 Å². The molecule has 0 unspecified atom stereocenters. The monoisotopic (exact) mass is 494 g/mol. The molecule has 2 N–H and O–H groups in total. The Morgan fingerprint density at radius 2 is 1.71 bits per heavy atom. The third kappa shape index (κ3) is 6.32. The Bertz CT molecular complexity index is 1220. The topological polar surface area (TPSA) is 69.8 Å². The first-order chi connectivity index (χ1) is 17.0. The minimum absolute atomic E-state index is 0.124.